The van der Waals surface area contributed by atoms with Gasteiger partial charge in [0.25, 0.3) is 0 Å². The summed E-state index contributed by atoms with van der Waals surface area (Å²) >= 11 is 0. The maximum atomic E-state index is 11.1. The molecular weight excluding hydrogens is 390 g/mol. The van der Waals surface area contributed by atoms with Gasteiger partial charge in [-0.25, -0.2) is 0 Å². The molecule has 0 aromatic carbocycles. The molecule has 0 amide bonds. The highest BCUT2D eigenvalue weighted by atomic mass is 16.6. The maximum Gasteiger partial charge on any atom is 0.327 e. The summed E-state index contributed by atoms with van der Waals surface area (Å²) < 4.78 is 4.47. The van der Waals surface area contributed by atoms with Crippen LogP contribution in [0.15, 0.2) is 0 Å². The van der Waals surface area contributed by atoms with Crippen molar-refractivity contribution in [3.8, 4) is 0 Å². The first kappa shape index (κ1) is 30.0. The lowest BCUT2D eigenvalue weighted by molar-refractivity contribution is -0.158. The second-order valence-electron chi connectivity index (χ2n) is 7.06. The second kappa shape index (κ2) is 21.5. The predicted octanol–water partition coefficient (Wildman–Crippen LogP) is 1.60. The van der Waals surface area contributed by atoms with Crippen molar-refractivity contribution in [2.45, 2.75) is 90.0 Å². The first-order valence-electron chi connectivity index (χ1n) is 10.7. The highest BCUT2D eigenvalue weighted by Gasteiger charge is 2.09. The zero-order valence-electron chi connectivity index (χ0n) is 18.3. The molecule has 0 saturated carbocycles. The number of carbonyl (C=O) groups excluding carboxylic acids is 2. The Balaban J connectivity index is 0. The normalized spacial score (nSPS) is 11.0. The van der Waals surface area contributed by atoms with E-state index >= 15 is 0 Å². The summed E-state index contributed by atoms with van der Waals surface area (Å²) in [4.78, 5) is 32.1. The van der Waals surface area contributed by atoms with Crippen LogP contribution in [-0.4, -0.2) is 48.1 Å². The molecule has 0 fully saturated rings. The fourth-order valence-electron chi connectivity index (χ4n) is 2.47. The van der Waals surface area contributed by atoms with Crippen molar-refractivity contribution >= 4 is 23.9 Å². The molecule has 0 saturated heterocycles. The summed E-state index contributed by atoms with van der Waals surface area (Å²) in [5, 5.41) is 17.7. The molecule has 0 spiro atoms. The molecule has 0 radical (unpaired) electrons. The summed E-state index contributed by atoms with van der Waals surface area (Å²) in [6.45, 7) is 2.47. The van der Waals surface area contributed by atoms with Crippen LogP contribution in [-0.2, 0) is 19.1 Å². The molecule has 0 aliphatic rings. The van der Waals surface area contributed by atoms with Gasteiger partial charge in [-0.3, -0.25) is 19.8 Å². The number of esters is 2. The van der Waals surface area contributed by atoms with Gasteiger partial charge in [-0.15, -0.1) is 0 Å². The van der Waals surface area contributed by atoms with Gasteiger partial charge in [0.15, 0.2) is 5.96 Å². The number of aliphatic carboxylic acids is 1. The first-order chi connectivity index (χ1) is 14.2. The largest absolute Gasteiger partial charge is 0.480 e. The number of nitrogens with one attached hydrogen (secondary N) is 2. The van der Waals surface area contributed by atoms with Gasteiger partial charge < -0.3 is 32.4 Å². The number of ether oxygens (including phenoxy) is 1. The number of hydrogen-bond donors (Lipinski definition) is 6. The van der Waals surface area contributed by atoms with Crippen molar-refractivity contribution in [2.24, 2.45) is 17.2 Å². The zero-order valence-corrected chi connectivity index (χ0v) is 18.3. The molecule has 9 N–H and O–H groups in total. The van der Waals surface area contributed by atoms with Gasteiger partial charge in [0, 0.05) is 13.0 Å². The minimum Gasteiger partial charge on any atom is -0.480 e. The van der Waals surface area contributed by atoms with Gasteiger partial charge in [-0.1, -0.05) is 58.3 Å². The highest BCUT2D eigenvalue weighted by Crippen LogP contribution is 2.10. The third kappa shape index (κ3) is 23.8. The Kier molecular flexibility index (Phi) is 21.5. The lowest BCUT2D eigenvalue weighted by atomic mass is 10.1. The van der Waals surface area contributed by atoms with Gasteiger partial charge >= 0.3 is 17.9 Å². The van der Waals surface area contributed by atoms with Gasteiger partial charge in [0.1, 0.15) is 6.04 Å². The van der Waals surface area contributed by atoms with E-state index in [1.54, 1.807) is 0 Å². The smallest absolute Gasteiger partial charge is 0.327 e. The quantitative estimate of drug-likeness (QED) is 0.0691. The zero-order chi connectivity index (χ0) is 23.2. The second-order valence-corrected chi connectivity index (χ2v) is 7.06. The van der Waals surface area contributed by atoms with Crippen molar-refractivity contribution in [1.29, 1.82) is 5.41 Å². The van der Waals surface area contributed by atoms with E-state index < -0.39 is 23.9 Å². The molecule has 0 heterocycles. The average molecular weight is 432 g/mol. The number of rotatable bonds is 16. The van der Waals surface area contributed by atoms with Gasteiger partial charge in [0.05, 0.1) is 6.54 Å². The average Bonchev–Trinajstić information content (AvgIpc) is 2.69. The Morgan fingerprint density at radius 3 is 1.97 bits per heavy atom. The first-order valence-corrected chi connectivity index (χ1v) is 10.7. The topological polar surface area (TPSA) is 195 Å². The van der Waals surface area contributed by atoms with E-state index in [1.807, 2.05) is 0 Å². The SMILES string of the molecule is CCCCCCCCCCCC(=O)OC(=O)CN.N=C(N)NCCCC(N)C(=O)O. The summed E-state index contributed by atoms with van der Waals surface area (Å²) in [6.07, 6.45) is 12.1. The van der Waals surface area contributed by atoms with Crippen LogP contribution >= 0.6 is 0 Å². The molecular formula is C20H41N5O5. The molecule has 30 heavy (non-hydrogen) atoms. The molecule has 1 unspecified atom stereocenters. The molecule has 10 heteroatoms. The van der Waals surface area contributed by atoms with Gasteiger partial charge in [0.2, 0.25) is 0 Å². The molecule has 176 valence electrons. The van der Waals surface area contributed by atoms with E-state index in [4.69, 9.17) is 27.7 Å². The summed E-state index contributed by atoms with van der Waals surface area (Å²) in [6, 6.07) is -0.821. The maximum absolute atomic E-state index is 11.1. The van der Waals surface area contributed by atoms with Crippen LogP contribution in [0.3, 0.4) is 0 Å². The van der Waals surface area contributed by atoms with E-state index in [2.05, 4.69) is 17.0 Å². The van der Waals surface area contributed by atoms with Crippen molar-refractivity contribution in [3.05, 3.63) is 0 Å². The van der Waals surface area contributed by atoms with E-state index in [1.165, 1.54) is 38.5 Å². The number of carbonyl (C=O) groups is 3. The Morgan fingerprint density at radius 2 is 1.50 bits per heavy atom. The predicted molar refractivity (Wildman–Crippen MR) is 117 cm³/mol. The minimum atomic E-state index is -1.00. The van der Waals surface area contributed by atoms with Crippen LogP contribution in [0.5, 0.6) is 0 Å². The fraction of sp³-hybridized carbons (Fsp3) is 0.800. The Hall–Kier alpha value is -2.20. The summed E-state index contributed by atoms with van der Waals surface area (Å²) in [7, 11) is 0. The standard InChI is InChI=1S/C14H27NO3.C6H14N4O2/c1-2-3-4-5-6-7-8-9-10-11-13(16)18-14(17)12-15;7-4(5(11)12)2-1-3-10-6(8)9/h2-12,15H2,1H3;4H,1-3,7H2,(H,11,12)(H4,8,9,10). The molecule has 0 aliphatic carbocycles. The Labute approximate surface area is 179 Å². The van der Waals surface area contributed by atoms with Crippen LogP contribution in [0.1, 0.15) is 84.0 Å². The molecule has 0 aliphatic heterocycles. The van der Waals surface area contributed by atoms with E-state index in [0.29, 0.717) is 25.8 Å². The van der Waals surface area contributed by atoms with E-state index in [0.717, 1.165) is 19.3 Å². The van der Waals surface area contributed by atoms with Gasteiger partial charge in [-0.05, 0) is 19.3 Å². The summed E-state index contributed by atoms with van der Waals surface area (Å²) in [5.41, 5.74) is 15.3. The number of carboxylic acid groups (broad SMARTS) is 1. The Morgan fingerprint density at radius 1 is 0.967 bits per heavy atom. The monoisotopic (exact) mass is 431 g/mol. The van der Waals surface area contributed by atoms with Crippen LogP contribution in [0.25, 0.3) is 0 Å². The fourth-order valence-corrected chi connectivity index (χ4v) is 2.47. The van der Waals surface area contributed by atoms with E-state index in [-0.39, 0.29) is 12.5 Å². The summed E-state index contributed by atoms with van der Waals surface area (Å²) in [5.74, 6) is -2.21. The van der Waals surface area contributed by atoms with Gasteiger partial charge in [-0.2, -0.15) is 0 Å². The lowest BCUT2D eigenvalue weighted by Gasteiger charge is -2.06. The molecule has 1 atom stereocenters. The third-order valence-corrected chi connectivity index (χ3v) is 4.20. The lowest BCUT2D eigenvalue weighted by Crippen LogP contribution is -2.34. The van der Waals surface area contributed by atoms with E-state index in [9.17, 15) is 14.4 Å². The number of hydrogen-bond acceptors (Lipinski definition) is 7. The van der Waals surface area contributed by atoms with Crippen molar-refractivity contribution in [1.82, 2.24) is 5.32 Å². The molecule has 10 nitrogen and oxygen atoms in total. The number of nitrogens with two attached hydrogens (primary N) is 3. The Bertz CT molecular complexity index is 488. The minimum absolute atomic E-state index is 0.112. The van der Waals surface area contributed by atoms with Crippen LogP contribution in [0.4, 0.5) is 0 Å². The van der Waals surface area contributed by atoms with Crippen LogP contribution in [0, 0.1) is 5.41 Å². The molecule has 0 aromatic rings. The highest BCUT2D eigenvalue weighted by molar-refractivity contribution is 5.86. The van der Waals surface area contributed by atoms with Crippen molar-refractivity contribution in [3.63, 3.8) is 0 Å². The number of unbranched alkanes of at least 4 members (excludes halogenated alkanes) is 8. The van der Waals surface area contributed by atoms with Crippen molar-refractivity contribution < 1.29 is 24.2 Å². The number of guanidine groups is 1. The molecule has 0 aromatic heterocycles. The number of carboxylic acids is 1. The molecule has 0 bridgehead atoms. The van der Waals surface area contributed by atoms with Crippen LogP contribution < -0.4 is 22.5 Å². The van der Waals surface area contributed by atoms with Crippen LogP contribution in [0.2, 0.25) is 0 Å². The molecule has 0 rings (SSSR count). The third-order valence-electron chi connectivity index (χ3n) is 4.20. The van der Waals surface area contributed by atoms with Crippen molar-refractivity contribution in [2.75, 3.05) is 13.1 Å².